The Kier molecular flexibility index (Phi) is 4.62. The molecule has 0 spiro atoms. The molecule has 1 fully saturated rings. The molecule has 0 radical (unpaired) electrons. The molecular weight excluding hydrogens is 184 g/mol. The second-order valence-corrected chi connectivity index (χ2v) is 5.46. The fraction of sp³-hybridized carbons (Fsp3) is 0.923. The fourth-order valence-electron chi connectivity index (χ4n) is 2.39. The highest BCUT2D eigenvalue weighted by atomic mass is 15.2. The van der Waals surface area contributed by atoms with Crippen molar-refractivity contribution >= 4 is 5.84 Å². The zero-order valence-corrected chi connectivity index (χ0v) is 10.7. The van der Waals surface area contributed by atoms with Crippen LogP contribution in [-0.2, 0) is 0 Å². The lowest BCUT2D eigenvalue weighted by molar-refractivity contribution is 0.337. The average molecular weight is 210 g/mol. The van der Waals surface area contributed by atoms with Gasteiger partial charge >= 0.3 is 0 Å². The summed E-state index contributed by atoms with van der Waals surface area (Å²) >= 11 is 0. The SMILES string of the molecule is CC(C)C(=N)N1CCCC(C(C)C)CC1. The number of hydrogen-bond donors (Lipinski definition) is 1. The molecule has 1 saturated heterocycles. The summed E-state index contributed by atoms with van der Waals surface area (Å²) in [6, 6.07) is 0. The van der Waals surface area contributed by atoms with Gasteiger partial charge in [-0.05, 0) is 31.1 Å². The summed E-state index contributed by atoms with van der Waals surface area (Å²) in [5, 5.41) is 8.03. The van der Waals surface area contributed by atoms with Crippen LogP contribution in [-0.4, -0.2) is 23.8 Å². The lowest BCUT2D eigenvalue weighted by atomic mass is 9.89. The van der Waals surface area contributed by atoms with E-state index in [9.17, 15) is 0 Å². The first-order chi connectivity index (χ1) is 7.02. The number of rotatable bonds is 2. The highest BCUT2D eigenvalue weighted by Gasteiger charge is 2.21. The monoisotopic (exact) mass is 210 g/mol. The van der Waals surface area contributed by atoms with Crippen LogP contribution >= 0.6 is 0 Å². The second kappa shape index (κ2) is 5.53. The van der Waals surface area contributed by atoms with Gasteiger partial charge in [0.1, 0.15) is 0 Å². The van der Waals surface area contributed by atoms with Crippen molar-refractivity contribution < 1.29 is 0 Å². The van der Waals surface area contributed by atoms with E-state index in [1.54, 1.807) is 0 Å². The van der Waals surface area contributed by atoms with Gasteiger partial charge in [-0.2, -0.15) is 0 Å². The molecule has 2 heteroatoms. The van der Waals surface area contributed by atoms with Crippen LogP contribution in [0.25, 0.3) is 0 Å². The molecule has 0 amide bonds. The Bertz CT molecular complexity index is 209. The van der Waals surface area contributed by atoms with Crippen LogP contribution in [0.1, 0.15) is 47.0 Å². The molecule has 0 aromatic carbocycles. The van der Waals surface area contributed by atoms with Gasteiger partial charge in [0, 0.05) is 19.0 Å². The summed E-state index contributed by atoms with van der Waals surface area (Å²) < 4.78 is 0. The standard InChI is InChI=1S/C13H26N2/c1-10(2)12-6-5-8-15(9-7-12)13(14)11(3)4/h10-12,14H,5-9H2,1-4H3. The van der Waals surface area contributed by atoms with Gasteiger partial charge in [-0.15, -0.1) is 0 Å². The van der Waals surface area contributed by atoms with Crippen molar-refractivity contribution in [2.75, 3.05) is 13.1 Å². The maximum absolute atomic E-state index is 8.03. The lowest BCUT2D eigenvalue weighted by Crippen LogP contribution is -2.34. The van der Waals surface area contributed by atoms with E-state index in [-0.39, 0.29) is 0 Å². The minimum absolute atomic E-state index is 0.376. The summed E-state index contributed by atoms with van der Waals surface area (Å²) in [7, 11) is 0. The van der Waals surface area contributed by atoms with E-state index in [0.29, 0.717) is 5.92 Å². The third-order valence-electron chi connectivity index (χ3n) is 3.60. The summed E-state index contributed by atoms with van der Waals surface area (Å²) in [4.78, 5) is 2.28. The van der Waals surface area contributed by atoms with E-state index in [0.717, 1.165) is 30.8 Å². The zero-order valence-electron chi connectivity index (χ0n) is 10.7. The number of hydrogen-bond acceptors (Lipinski definition) is 1. The van der Waals surface area contributed by atoms with Gasteiger partial charge in [0.05, 0.1) is 5.84 Å². The first kappa shape index (κ1) is 12.5. The Morgan fingerprint density at radius 1 is 1.13 bits per heavy atom. The van der Waals surface area contributed by atoms with Gasteiger partial charge in [-0.3, -0.25) is 5.41 Å². The van der Waals surface area contributed by atoms with Gasteiger partial charge in [0.25, 0.3) is 0 Å². The molecule has 1 aliphatic heterocycles. The summed E-state index contributed by atoms with van der Waals surface area (Å²) in [5.41, 5.74) is 0. The third-order valence-corrected chi connectivity index (χ3v) is 3.60. The van der Waals surface area contributed by atoms with Crippen LogP contribution in [0.2, 0.25) is 0 Å². The van der Waals surface area contributed by atoms with Crippen LogP contribution in [0, 0.1) is 23.2 Å². The van der Waals surface area contributed by atoms with Crippen molar-refractivity contribution in [3.05, 3.63) is 0 Å². The molecule has 0 aliphatic carbocycles. The van der Waals surface area contributed by atoms with Gasteiger partial charge in [-0.25, -0.2) is 0 Å². The van der Waals surface area contributed by atoms with Crippen LogP contribution in [0.5, 0.6) is 0 Å². The van der Waals surface area contributed by atoms with Crippen LogP contribution < -0.4 is 0 Å². The van der Waals surface area contributed by atoms with E-state index in [1.807, 2.05) is 0 Å². The Labute approximate surface area is 94.6 Å². The van der Waals surface area contributed by atoms with E-state index >= 15 is 0 Å². The molecule has 88 valence electrons. The molecule has 1 heterocycles. The Balaban J connectivity index is 2.49. The second-order valence-electron chi connectivity index (χ2n) is 5.46. The quantitative estimate of drug-likeness (QED) is 0.549. The first-order valence-corrected chi connectivity index (χ1v) is 6.35. The minimum atomic E-state index is 0.376. The van der Waals surface area contributed by atoms with E-state index in [4.69, 9.17) is 5.41 Å². The maximum atomic E-state index is 8.03. The van der Waals surface area contributed by atoms with Crippen molar-refractivity contribution in [2.24, 2.45) is 17.8 Å². The summed E-state index contributed by atoms with van der Waals surface area (Å²) in [6.07, 6.45) is 3.88. The average Bonchev–Trinajstić information content (AvgIpc) is 2.41. The third kappa shape index (κ3) is 3.51. The lowest BCUT2D eigenvalue weighted by Gasteiger charge is -2.26. The van der Waals surface area contributed by atoms with E-state index in [2.05, 4.69) is 32.6 Å². The van der Waals surface area contributed by atoms with Gasteiger partial charge in [0.2, 0.25) is 0 Å². The highest BCUT2D eigenvalue weighted by Crippen LogP contribution is 2.25. The number of nitrogens with zero attached hydrogens (tertiary/aromatic N) is 1. The van der Waals surface area contributed by atoms with Gasteiger partial charge in [-0.1, -0.05) is 27.7 Å². The van der Waals surface area contributed by atoms with Crippen molar-refractivity contribution in [2.45, 2.75) is 47.0 Å². The van der Waals surface area contributed by atoms with Crippen molar-refractivity contribution in [3.8, 4) is 0 Å². The zero-order chi connectivity index (χ0) is 11.4. The van der Waals surface area contributed by atoms with Gasteiger partial charge in [0.15, 0.2) is 0 Å². The van der Waals surface area contributed by atoms with Crippen LogP contribution in [0.3, 0.4) is 0 Å². The van der Waals surface area contributed by atoms with Crippen LogP contribution in [0.15, 0.2) is 0 Å². The number of amidine groups is 1. The molecule has 0 saturated carbocycles. The molecule has 1 rings (SSSR count). The van der Waals surface area contributed by atoms with Crippen molar-refractivity contribution in [3.63, 3.8) is 0 Å². The molecule has 1 aliphatic rings. The molecular formula is C13H26N2. The normalized spacial score (nSPS) is 23.3. The summed E-state index contributed by atoms with van der Waals surface area (Å²) in [6.45, 7) is 11.1. The predicted molar refractivity (Wildman–Crippen MR) is 66.3 cm³/mol. The Morgan fingerprint density at radius 2 is 1.80 bits per heavy atom. The van der Waals surface area contributed by atoms with E-state index in [1.165, 1.54) is 19.3 Å². The number of nitrogens with one attached hydrogen (secondary N) is 1. The highest BCUT2D eigenvalue weighted by molar-refractivity contribution is 5.80. The molecule has 0 aromatic heterocycles. The molecule has 2 nitrogen and oxygen atoms in total. The van der Waals surface area contributed by atoms with Crippen molar-refractivity contribution in [1.82, 2.24) is 4.90 Å². The maximum Gasteiger partial charge on any atom is 0.0983 e. The fourth-order valence-corrected chi connectivity index (χ4v) is 2.39. The molecule has 1 unspecified atom stereocenters. The van der Waals surface area contributed by atoms with Gasteiger partial charge < -0.3 is 4.90 Å². The predicted octanol–water partition coefficient (Wildman–Crippen LogP) is 3.38. The first-order valence-electron chi connectivity index (χ1n) is 6.35. The smallest absolute Gasteiger partial charge is 0.0983 e. The molecule has 1 N–H and O–H groups in total. The molecule has 1 atom stereocenters. The minimum Gasteiger partial charge on any atom is -0.360 e. The molecule has 0 bridgehead atoms. The Morgan fingerprint density at radius 3 is 2.33 bits per heavy atom. The number of likely N-dealkylation sites (tertiary alicyclic amines) is 1. The largest absolute Gasteiger partial charge is 0.360 e. The van der Waals surface area contributed by atoms with E-state index < -0.39 is 0 Å². The molecule has 15 heavy (non-hydrogen) atoms. The van der Waals surface area contributed by atoms with Crippen molar-refractivity contribution in [1.29, 1.82) is 5.41 Å². The van der Waals surface area contributed by atoms with Crippen LogP contribution in [0.4, 0.5) is 0 Å². The molecule has 0 aromatic rings. The Hall–Kier alpha value is -0.530. The topological polar surface area (TPSA) is 27.1 Å². The summed E-state index contributed by atoms with van der Waals surface area (Å²) in [5.74, 6) is 2.88.